The van der Waals surface area contributed by atoms with Crippen LogP contribution >= 0.6 is 11.8 Å². The largest absolute Gasteiger partial charge is 0.497 e. The molecule has 0 N–H and O–H groups in total. The maximum absolute atomic E-state index is 5.78. The SMILES string of the molecule is COc1ccc(OCc2nnc(SCCOc3ccccc3OC)n2C)cc1. The van der Waals surface area contributed by atoms with Crippen molar-refractivity contribution in [2.24, 2.45) is 7.05 Å². The second-order valence-electron chi connectivity index (χ2n) is 5.77. The third-order valence-corrected chi connectivity index (χ3v) is 4.98. The van der Waals surface area contributed by atoms with Crippen molar-refractivity contribution in [1.29, 1.82) is 0 Å². The molecular formula is C20H23N3O4S. The van der Waals surface area contributed by atoms with E-state index in [9.17, 15) is 0 Å². The number of nitrogens with zero attached hydrogens (tertiary/aromatic N) is 3. The molecule has 0 spiro atoms. The van der Waals surface area contributed by atoms with Crippen LogP contribution in [0, 0.1) is 0 Å². The zero-order valence-corrected chi connectivity index (χ0v) is 16.9. The van der Waals surface area contributed by atoms with E-state index in [-0.39, 0.29) is 0 Å². The van der Waals surface area contributed by atoms with Crippen molar-refractivity contribution in [1.82, 2.24) is 14.8 Å². The smallest absolute Gasteiger partial charge is 0.191 e. The molecule has 0 aliphatic rings. The zero-order valence-electron chi connectivity index (χ0n) is 16.1. The summed E-state index contributed by atoms with van der Waals surface area (Å²) in [6.07, 6.45) is 0. The lowest BCUT2D eigenvalue weighted by atomic mass is 10.3. The standard InChI is InChI=1S/C20H23N3O4S/c1-23-19(14-27-16-10-8-15(24-2)9-11-16)21-22-20(23)28-13-12-26-18-7-5-4-6-17(18)25-3/h4-11H,12-14H2,1-3H3. The van der Waals surface area contributed by atoms with Gasteiger partial charge in [-0.15, -0.1) is 10.2 Å². The average Bonchev–Trinajstić information content (AvgIpc) is 3.09. The monoisotopic (exact) mass is 401 g/mol. The number of aromatic nitrogens is 3. The molecule has 3 rings (SSSR count). The summed E-state index contributed by atoms with van der Waals surface area (Å²) in [5, 5.41) is 9.26. The molecule has 0 radical (unpaired) electrons. The van der Waals surface area contributed by atoms with Gasteiger partial charge in [-0.1, -0.05) is 23.9 Å². The molecule has 0 aliphatic carbocycles. The van der Waals surface area contributed by atoms with E-state index >= 15 is 0 Å². The first-order valence-electron chi connectivity index (χ1n) is 8.75. The van der Waals surface area contributed by atoms with Crippen molar-refractivity contribution in [2.75, 3.05) is 26.6 Å². The second-order valence-corrected chi connectivity index (χ2v) is 6.83. The highest BCUT2D eigenvalue weighted by molar-refractivity contribution is 7.99. The van der Waals surface area contributed by atoms with Gasteiger partial charge in [0.15, 0.2) is 22.5 Å². The molecule has 28 heavy (non-hydrogen) atoms. The fraction of sp³-hybridized carbons (Fsp3) is 0.300. The van der Waals surface area contributed by atoms with Gasteiger partial charge in [-0.05, 0) is 36.4 Å². The molecule has 148 valence electrons. The molecule has 0 amide bonds. The summed E-state index contributed by atoms with van der Waals surface area (Å²) in [4.78, 5) is 0. The van der Waals surface area contributed by atoms with E-state index in [0.717, 1.165) is 39.7 Å². The molecule has 0 saturated carbocycles. The number of ether oxygens (including phenoxy) is 4. The molecule has 0 aliphatic heterocycles. The first-order valence-corrected chi connectivity index (χ1v) is 9.73. The Morgan fingerprint density at radius 1 is 0.857 bits per heavy atom. The third kappa shape index (κ3) is 5.10. The van der Waals surface area contributed by atoms with Gasteiger partial charge in [-0.25, -0.2) is 0 Å². The molecule has 7 nitrogen and oxygen atoms in total. The van der Waals surface area contributed by atoms with Gasteiger partial charge in [-0.2, -0.15) is 0 Å². The van der Waals surface area contributed by atoms with Crippen LogP contribution in [0.4, 0.5) is 0 Å². The van der Waals surface area contributed by atoms with Crippen LogP contribution in [0.1, 0.15) is 5.82 Å². The van der Waals surface area contributed by atoms with Crippen molar-refractivity contribution in [3.8, 4) is 23.0 Å². The first-order chi connectivity index (χ1) is 13.7. The molecule has 1 aromatic heterocycles. The molecule has 0 atom stereocenters. The van der Waals surface area contributed by atoms with Crippen molar-refractivity contribution < 1.29 is 18.9 Å². The summed E-state index contributed by atoms with van der Waals surface area (Å²) in [6.45, 7) is 0.879. The van der Waals surface area contributed by atoms with E-state index in [0.29, 0.717) is 13.2 Å². The number of rotatable bonds is 10. The lowest BCUT2D eigenvalue weighted by Crippen LogP contribution is -2.05. The summed E-state index contributed by atoms with van der Waals surface area (Å²) in [7, 11) is 5.19. The minimum Gasteiger partial charge on any atom is -0.497 e. The first kappa shape index (κ1) is 19.9. The Bertz CT molecular complexity index is 883. The van der Waals surface area contributed by atoms with Crippen molar-refractivity contribution in [2.45, 2.75) is 11.8 Å². The van der Waals surface area contributed by atoms with Gasteiger partial charge in [0, 0.05) is 12.8 Å². The van der Waals surface area contributed by atoms with Gasteiger partial charge in [0.1, 0.15) is 18.1 Å². The fourth-order valence-corrected chi connectivity index (χ4v) is 3.19. The number of hydrogen-bond donors (Lipinski definition) is 0. The van der Waals surface area contributed by atoms with E-state index in [1.54, 1.807) is 26.0 Å². The predicted molar refractivity (Wildman–Crippen MR) is 108 cm³/mol. The molecule has 2 aromatic carbocycles. The Morgan fingerprint density at radius 2 is 1.57 bits per heavy atom. The minimum absolute atomic E-state index is 0.341. The lowest BCUT2D eigenvalue weighted by Gasteiger charge is -2.10. The van der Waals surface area contributed by atoms with Crippen molar-refractivity contribution in [3.63, 3.8) is 0 Å². The van der Waals surface area contributed by atoms with Gasteiger partial charge in [0.2, 0.25) is 0 Å². The molecular weight excluding hydrogens is 378 g/mol. The highest BCUT2D eigenvalue weighted by atomic mass is 32.2. The Balaban J connectivity index is 1.47. The molecule has 0 unspecified atom stereocenters. The van der Waals surface area contributed by atoms with Crippen LogP contribution in [0.25, 0.3) is 0 Å². The molecule has 1 heterocycles. The quantitative estimate of drug-likeness (QED) is 0.380. The molecule has 0 fully saturated rings. The Kier molecular flexibility index (Phi) is 7.02. The highest BCUT2D eigenvalue weighted by Gasteiger charge is 2.10. The summed E-state index contributed by atoms with van der Waals surface area (Å²) < 4.78 is 23.9. The van der Waals surface area contributed by atoms with Crippen LogP contribution in [0.3, 0.4) is 0 Å². The minimum atomic E-state index is 0.341. The van der Waals surface area contributed by atoms with Crippen LogP contribution in [0.5, 0.6) is 23.0 Å². The van der Waals surface area contributed by atoms with E-state index < -0.39 is 0 Å². The van der Waals surface area contributed by atoms with Crippen LogP contribution < -0.4 is 18.9 Å². The van der Waals surface area contributed by atoms with Crippen molar-refractivity contribution in [3.05, 3.63) is 54.4 Å². The Hall–Kier alpha value is -2.87. The topological polar surface area (TPSA) is 67.6 Å². The maximum Gasteiger partial charge on any atom is 0.191 e. The summed E-state index contributed by atoms with van der Waals surface area (Å²) in [5.41, 5.74) is 0. The predicted octanol–water partition coefficient (Wildman–Crippen LogP) is 3.58. The van der Waals surface area contributed by atoms with E-state index in [4.69, 9.17) is 18.9 Å². The van der Waals surface area contributed by atoms with Crippen LogP contribution in [-0.2, 0) is 13.7 Å². The molecule has 3 aromatic rings. The molecule has 0 bridgehead atoms. The van der Waals surface area contributed by atoms with Crippen LogP contribution in [0.2, 0.25) is 0 Å². The van der Waals surface area contributed by atoms with E-state index in [1.807, 2.05) is 60.1 Å². The summed E-state index contributed by atoms with van der Waals surface area (Å²) in [6, 6.07) is 15.0. The Morgan fingerprint density at radius 3 is 2.29 bits per heavy atom. The van der Waals surface area contributed by atoms with Crippen molar-refractivity contribution >= 4 is 11.8 Å². The van der Waals surface area contributed by atoms with Crippen LogP contribution in [0.15, 0.2) is 53.7 Å². The number of methoxy groups -OCH3 is 2. The van der Waals surface area contributed by atoms with Gasteiger partial charge >= 0.3 is 0 Å². The maximum atomic E-state index is 5.78. The average molecular weight is 401 g/mol. The van der Waals surface area contributed by atoms with Gasteiger partial charge in [0.25, 0.3) is 0 Å². The highest BCUT2D eigenvalue weighted by Crippen LogP contribution is 2.26. The fourth-order valence-electron chi connectivity index (χ4n) is 2.44. The Labute approximate surface area is 168 Å². The van der Waals surface area contributed by atoms with Crippen LogP contribution in [-0.4, -0.2) is 41.3 Å². The number of benzene rings is 2. The normalized spacial score (nSPS) is 10.5. The molecule has 0 saturated heterocycles. The van der Waals surface area contributed by atoms with Gasteiger partial charge < -0.3 is 23.5 Å². The zero-order chi connectivity index (χ0) is 19.8. The number of hydrogen-bond acceptors (Lipinski definition) is 7. The third-order valence-electron chi connectivity index (χ3n) is 3.99. The summed E-state index contributed by atoms with van der Waals surface area (Å²) in [5.74, 6) is 4.50. The van der Waals surface area contributed by atoms with Gasteiger partial charge in [-0.3, -0.25) is 0 Å². The lowest BCUT2D eigenvalue weighted by molar-refractivity contribution is 0.289. The van der Waals surface area contributed by atoms with Gasteiger partial charge in [0.05, 0.1) is 20.8 Å². The number of thioether (sulfide) groups is 1. The number of para-hydroxylation sites is 2. The van der Waals surface area contributed by atoms with E-state index in [2.05, 4.69) is 10.2 Å². The molecule has 8 heteroatoms. The second kappa shape index (κ2) is 9.89. The summed E-state index contributed by atoms with van der Waals surface area (Å²) >= 11 is 1.58. The van der Waals surface area contributed by atoms with E-state index in [1.165, 1.54) is 0 Å².